The highest BCUT2D eigenvalue weighted by molar-refractivity contribution is 6.30. The van der Waals surface area contributed by atoms with E-state index in [1.54, 1.807) is 26.3 Å². The smallest absolute Gasteiger partial charge is 0.357 e. The van der Waals surface area contributed by atoms with E-state index in [-0.39, 0.29) is 18.2 Å². The largest absolute Gasteiger partial charge is 0.496 e. The fraction of sp³-hybridized carbons (Fsp3) is 0.200. The van der Waals surface area contributed by atoms with Crippen LogP contribution in [0.1, 0.15) is 34.4 Å². The van der Waals surface area contributed by atoms with E-state index in [2.05, 4.69) is 25.3 Å². The molecule has 4 rings (SSSR count). The molecule has 0 aliphatic heterocycles. The maximum Gasteiger partial charge on any atom is 0.357 e. The average molecular weight is 478 g/mol. The zero-order valence-electron chi connectivity index (χ0n) is 19.1. The van der Waals surface area contributed by atoms with Crippen molar-refractivity contribution in [2.45, 2.75) is 20.3 Å². The minimum atomic E-state index is -0.508. The number of nitrogens with zero attached hydrogens (tertiary/aromatic N) is 3. The molecule has 2 N–H and O–H groups in total. The number of aryl methyl sites for hydroxylation is 1. The summed E-state index contributed by atoms with van der Waals surface area (Å²) in [6, 6.07) is 14.7. The summed E-state index contributed by atoms with van der Waals surface area (Å²) in [5.74, 6) is 1.11. The molecule has 0 radical (unpaired) electrons. The first-order valence-electron chi connectivity index (χ1n) is 10.7. The standard InChI is InChI=1S/C25H24ClN5O3/c1-4-34-24(32)21-12-19(11-16-5-7-17(26)8-6-16)30-25(31-21)29-18-9-10-20(22(13-18)33-3)23-27-14-15(2)28-23/h5-10,12-14H,4,11H2,1-3H3,(H,27,28)(H,29,30,31). The van der Waals surface area contributed by atoms with E-state index in [1.807, 2.05) is 49.4 Å². The number of anilines is 2. The van der Waals surface area contributed by atoms with Crippen molar-refractivity contribution in [1.29, 1.82) is 0 Å². The van der Waals surface area contributed by atoms with Crippen molar-refractivity contribution >= 4 is 29.2 Å². The molecular formula is C25H24ClN5O3. The minimum Gasteiger partial charge on any atom is -0.496 e. The maximum atomic E-state index is 12.4. The predicted molar refractivity (Wildman–Crippen MR) is 131 cm³/mol. The molecule has 34 heavy (non-hydrogen) atoms. The lowest BCUT2D eigenvalue weighted by molar-refractivity contribution is 0.0519. The Kier molecular flexibility index (Phi) is 7.08. The van der Waals surface area contributed by atoms with Crippen molar-refractivity contribution in [2.24, 2.45) is 0 Å². The lowest BCUT2D eigenvalue weighted by Gasteiger charge is -2.12. The Morgan fingerprint density at radius 1 is 1.12 bits per heavy atom. The minimum absolute atomic E-state index is 0.179. The summed E-state index contributed by atoms with van der Waals surface area (Å²) in [7, 11) is 1.60. The van der Waals surface area contributed by atoms with E-state index in [0.29, 0.717) is 34.4 Å². The van der Waals surface area contributed by atoms with E-state index < -0.39 is 5.97 Å². The van der Waals surface area contributed by atoms with Crippen molar-refractivity contribution < 1.29 is 14.3 Å². The van der Waals surface area contributed by atoms with Gasteiger partial charge in [0.2, 0.25) is 5.95 Å². The number of H-pyrrole nitrogens is 1. The number of ether oxygens (including phenoxy) is 2. The van der Waals surface area contributed by atoms with Gasteiger partial charge in [0, 0.05) is 35.1 Å². The zero-order valence-corrected chi connectivity index (χ0v) is 19.8. The number of carbonyl (C=O) groups excluding carboxylic acids is 1. The van der Waals surface area contributed by atoms with Crippen LogP contribution in [0.5, 0.6) is 5.75 Å². The molecule has 2 heterocycles. The van der Waals surface area contributed by atoms with Gasteiger partial charge in [0.1, 0.15) is 11.6 Å². The van der Waals surface area contributed by atoms with E-state index in [1.165, 1.54) is 0 Å². The van der Waals surface area contributed by atoms with Gasteiger partial charge in [-0.05, 0) is 49.7 Å². The summed E-state index contributed by atoms with van der Waals surface area (Å²) in [6.45, 7) is 3.94. The van der Waals surface area contributed by atoms with E-state index in [9.17, 15) is 4.79 Å². The number of carbonyl (C=O) groups is 1. The SMILES string of the molecule is CCOC(=O)c1cc(Cc2ccc(Cl)cc2)nc(Nc2ccc(-c3ncc(C)[nH]3)c(OC)c2)n1. The molecule has 8 nitrogen and oxygen atoms in total. The summed E-state index contributed by atoms with van der Waals surface area (Å²) in [5, 5.41) is 3.83. The van der Waals surface area contributed by atoms with Crippen LogP contribution in [0.15, 0.2) is 54.7 Å². The first-order valence-corrected chi connectivity index (χ1v) is 11.1. The second kappa shape index (κ2) is 10.4. The molecule has 0 saturated carbocycles. The lowest BCUT2D eigenvalue weighted by Crippen LogP contribution is -2.11. The highest BCUT2D eigenvalue weighted by Gasteiger charge is 2.15. The third-order valence-corrected chi connectivity index (χ3v) is 5.23. The molecule has 0 unspecified atom stereocenters. The Labute approximate surface area is 202 Å². The van der Waals surface area contributed by atoms with Gasteiger partial charge in [0.25, 0.3) is 0 Å². The molecule has 4 aromatic rings. The van der Waals surface area contributed by atoms with Crippen molar-refractivity contribution in [3.8, 4) is 17.1 Å². The first-order chi connectivity index (χ1) is 16.4. The fourth-order valence-corrected chi connectivity index (χ4v) is 3.53. The molecule has 0 fully saturated rings. The van der Waals surface area contributed by atoms with Crippen molar-refractivity contribution in [1.82, 2.24) is 19.9 Å². The van der Waals surface area contributed by atoms with Gasteiger partial charge in [-0.3, -0.25) is 0 Å². The normalized spacial score (nSPS) is 10.7. The van der Waals surface area contributed by atoms with Gasteiger partial charge < -0.3 is 19.8 Å². The van der Waals surface area contributed by atoms with Crippen molar-refractivity contribution in [2.75, 3.05) is 19.0 Å². The number of halogens is 1. The highest BCUT2D eigenvalue weighted by atomic mass is 35.5. The summed E-state index contributed by atoms with van der Waals surface area (Å²) >= 11 is 5.99. The van der Waals surface area contributed by atoms with Crippen molar-refractivity contribution in [3.05, 3.63) is 82.4 Å². The number of imidazole rings is 1. The topological polar surface area (TPSA) is 102 Å². The molecule has 0 atom stereocenters. The summed E-state index contributed by atoms with van der Waals surface area (Å²) in [5.41, 5.74) is 4.32. The number of benzene rings is 2. The summed E-state index contributed by atoms with van der Waals surface area (Å²) in [4.78, 5) is 29.0. The molecule has 0 saturated heterocycles. The van der Waals surface area contributed by atoms with E-state index >= 15 is 0 Å². The van der Waals surface area contributed by atoms with Crippen LogP contribution in [0.2, 0.25) is 5.02 Å². The summed E-state index contributed by atoms with van der Waals surface area (Å²) < 4.78 is 10.7. The Balaban J connectivity index is 1.65. The molecule has 2 aromatic carbocycles. The lowest BCUT2D eigenvalue weighted by atomic mass is 10.1. The van der Waals surface area contributed by atoms with E-state index in [4.69, 9.17) is 21.1 Å². The number of hydrogen-bond acceptors (Lipinski definition) is 7. The van der Waals surface area contributed by atoms with Crippen LogP contribution < -0.4 is 10.1 Å². The number of rotatable bonds is 8. The van der Waals surface area contributed by atoms with E-state index in [0.717, 1.165) is 16.8 Å². The monoisotopic (exact) mass is 477 g/mol. The van der Waals surface area contributed by atoms with Crippen LogP contribution in [0, 0.1) is 6.92 Å². The Morgan fingerprint density at radius 2 is 1.91 bits per heavy atom. The van der Waals surface area contributed by atoms with Gasteiger partial charge >= 0.3 is 5.97 Å². The fourth-order valence-electron chi connectivity index (χ4n) is 3.41. The maximum absolute atomic E-state index is 12.4. The van der Waals surface area contributed by atoms with Gasteiger partial charge in [-0.1, -0.05) is 23.7 Å². The van der Waals surface area contributed by atoms with Gasteiger partial charge in [0.05, 0.1) is 25.0 Å². The molecule has 0 bridgehead atoms. The molecule has 9 heteroatoms. The summed E-state index contributed by atoms with van der Waals surface area (Å²) in [6.07, 6.45) is 2.26. The molecule has 2 aromatic heterocycles. The zero-order chi connectivity index (χ0) is 24.1. The van der Waals surface area contributed by atoms with Crippen molar-refractivity contribution in [3.63, 3.8) is 0 Å². The highest BCUT2D eigenvalue weighted by Crippen LogP contribution is 2.31. The molecule has 0 spiro atoms. The number of aromatic nitrogens is 4. The molecule has 0 aliphatic rings. The van der Waals surface area contributed by atoms with Crippen LogP contribution in [0.25, 0.3) is 11.4 Å². The molecule has 0 amide bonds. The third kappa shape index (κ3) is 5.52. The number of aromatic amines is 1. The van der Waals surface area contributed by atoms with Crippen LogP contribution in [0.3, 0.4) is 0 Å². The average Bonchev–Trinajstić information content (AvgIpc) is 3.26. The van der Waals surface area contributed by atoms with Crippen LogP contribution in [0.4, 0.5) is 11.6 Å². The quantitative estimate of drug-likeness (QED) is 0.330. The van der Waals surface area contributed by atoms with Crippen LogP contribution in [-0.2, 0) is 11.2 Å². The predicted octanol–water partition coefficient (Wildman–Crippen LogP) is 5.35. The van der Waals surface area contributed by atoms with Gasteiger partial charge in [-0.2, -0.15) is 0 Å². The number of nitrogens with one attached hydrogen (secondary N) is 2. The Bertz CT molecular complexity index is 1300. The van der Waals surface area contributed by atoms with Gasteiger partial charge in [-0.25, -0.2) is 19.7 Å². The first kappa shape index (κ1) is 23.3. The Hall–Kier alpha value is -3.91. The Morgan fingerprint density at radius 3 is 2.59 bits per heavy atom. The molecule has 0 aliphatic carbocycles. The number of methoxy groups -OCH3 is 1. The van der Waals surface area contributed by atoms with Crippen LogP contribution in [-0.4, -0.2) is 39.6 Å². The second-order valence-electron chi connectivity index (χ2n) is 7.55. The third-order valence-electron chi connectivity index (χ3n) is 4.98. The van der Waals surface area contributed by atoms with Gasteiger partial charge in [-0.15, -0.1) is 0 Å². The molecule has 174 valence electrons. The van der Waals surface area contributed by atoms with Crippen LogP contribution >= 0.6 is 11.6 Å². The molecular weight excluding hydrogens is 454 g/mol. The number of esters is 1. The van der Waals surface area contributed by atoms with Gasteiger partial charge in [0.15, 0.2) is 5.69 Å². The second-order valence-corrected chi connectivity index (χ2v) is 7.98. The number of hydrogen-bond donors (Lipinski definition) is 2.